The van der Waals surface area contributed by atoms with E-state index in [1.807, 2.05) is 0 Å². The van der Waals surface area contributed by atoms with Crippen molar-refractivity contribution in [3.8, 4) is 0 Å². The van der Waals surface area contributed by atoms with Crippen molar-refractivity contribution < 1.29 is 238 Å². The molecule has 4 unspecified atom stereocenters. The van der Waals surface area contributed by atoms with Crippen LogP contribution in [0.2, 0.25) is 0 Å². The third-order valence-electron chi connectivity index (χ3n) is 2.89. The molecule has 0 fully saturated rings. The fourth-order valence-electron chi connectivity index (χ4n) is 1.39. The van der Waals surface area contributed by atoms with Crippen molar-refractivity contribution in [2.45, 2.75) is 36.3 Å². The van der Waals surface area contributed by atoms with Crippen LogP contribution in [0.15, 0.2) is 0 Å². The zero-order chi connectivity index (χ0) is 23.0. The molecule has 0 bridgehead atoms. The number of aliphatic hydroxyl groups excluding tert-OH is 2. The number of carboxylic acids is 6. The standard InChI is InChI=1S/2C6H8O8.3K.3Mg.3H/c2*7-2(8)1-6(14,5(12)13)3(9)4(10)11;;;;;;;;;/h2*3,9,14H,1H2,(H,7,8)(H,10,11)(H,12,13);;;;;;;;;/q;;3*+1;3*+2;3*-1/p-6. The van der Waals surface area contributed by atoms with Crippen molar-refractivity contribution in [3.05, 3.63) is 0 Å². The summed E-state index contributed by atoms with van der Waals surface area (Å²) in [7, 11) is 0. The Morgan fingerprint density at radius 1 is 0.588 bits per heavy atom. The van der Waals surface area contributed by atoms with Gasteiger partial charge in [-0.1, -0.05) is 0 Å². The Kier molecular flexibility index (Phi) is 45.9. The fraction of sp³-hybridized carbons (Fsp3) is 0.500. The monoisotopic (exact) mass is 602 g/mol. The van der Waals surface area contributed by atoms with Crippen LogP contribution in [0, 0.1) is 0 Å². The summed E-state index contributed by atoms with van der Waals surface area (Å²) < 4.78 is 0. The molecule has 0 saturated heterocycles. The average Bonchev–Trinajstić information content (AvgIpc) is 2.51. The van der Waals surface area contributed by atoms with E-state index in [4.69, 9.17) is 20.4 Å². The molecular formula is C12H13K3Mg3O16. The van der Waals surface area contributed by atoms with E-state index < -0.39 is 72.1 Å². The van der Waals surface area contributed by atoms with Gasteiger partial charge in [0.2, 0.25) is 0 Å². The smallest absolute Gasteiger partial charge is 1.00 e. The number of carbonyl (C=O) groups is 6. The summed E-state index contributed by atoms with van der Waals surface area (Å²) in [6.45, 7) is 0. The third-order valence-corrected chi connectivity index (χ3v) is 2.89. The SMILES string of the molecule is O=C([O-])CC(O)(C(=O)[O-])C(O)C(=O)[O-].O=C([O-])CC(O)(C(=O)[O-])C(O)C(=O)[O-].[H-].[H-].[H-].[K+].[K+].[K+].[Mg+2].[Mg+2].[Mg+2]. The molecule has 0 amide bonds. The molecule has 34 heavy (non-hydrogen) atoms. The first kappa shape index (κ1) is 57.7. The van der Waals surface area contributed by atoms with Crippen LogP contribution in [0.5, 0.6) is 0 Å². The van der Waals surface area contributed by atoms with Crippen molar-refractivity contribution >= 4 is 105 Å². The number of carboxylic acid groups (broad SMARTS) is 6. The Morgan fingerprint density at radius 2 is 0.765 bits per heavy atom. The number of carbonyl (C=O) groups excluding carboxylic acids is 6. The minimum absolute atomic E-state index is 0. The second-order valence-electron chi connectivity index (χ2n) is 4.96. The van der Waals surface area contributed by atoms with Crippen LogP contribution < -0.4 is 185 Å². The van der Waals surface area contributed by atoms with E-state index in [1.165, 1.54) is 0 Å². The van der Waals surface area contributed by atoms with Crippen molar-refractivity contribution in [1.82, 2.24) is 0 Å². The molecule has 4 N–H and O–H groups in total. The minimum Gasteiger partial charge on any atom is -1.00 e. The predicted molar refractivity (Wildman–Crippen MR) is 81.8 cm³/mol. The Hall–Kier alpha value is 3.87. The molecule has 0 aromatic heterocycles. The van der Waals surface area contributed by atoms with Crippen LogP contribution >= 0.6 is 0 Å². The predicted octanol–water partition coefficient (Wildman–Crippen LogP) is -22.4. The summed E-state index contributed by atoms with van der Waals surface area (Å²) >= 11 is 0. The summed E-state index contributed by atoms with van der Waals surface area (Å²) in [5.41, 5.74) is -6.92. The first-order chi connectivity index (χ1) is 12.4. The summed E-state index contributed by atoms with van der Waals surface area (Å²) in [6.07, 6.45) is -9.06. The molecule has 0 saturated carbocycles. The van der Waals surface area contributed by atoms with Gasteiger partial charge in [-0.15, -0.1) is 0 Å². The van der Waals surface area contributed by atoms with Gasteiger partial charge in [0.1, 0.15) is 23.4 Å². The van der Waals surface area contributed by atoms with E-state index in [-0.39, 0.29) is 228 Å². The van der Waals surface area contributed by atoms with Gasteiger partial charge in [-0.05, 0) is 0 Å². The van der Waals surface area contributed by atoms with Crippen LogP contribution in [-0.2, 0) is 28.8 Å². The van der Waals surface area contributed by atoms with Crippen molar-refractivity contribution in [3.63, 3.8) is 0 Å². The molecule has 0 aliphatic carbocycles. The number of hydrogen-bond acceptors (Lipinski definition) is 16. The second kappa shape index (κ2) is 27.1. The normalized spacial score (nSPS) is 13.8. The summed E-state index contributed by atoms with van der Waals surface area (Å²) in [4.78, 5) is 60.3. The maximum absolute atomic E-state index is 10.2. The Morgan fingerprint density at radius 3 is 0.853 bits per heavy atom. The van der Waals surface area contributed by atoms with Gasteiger partial charge in [0.05, 0.1) is 23.9 Å². The minimum atomic E-state index is -3.46. The Bertz CT molecular complexity index is 642. The zero-order valence-electron chi connectivity index (χ0n) is 21.4. The summed E-state index contributed by atoms with van der Waals surface area (Å²) in [6, 6.07) is 0. The van der Waals surface area contributed by atoms with E-state index in [2.05, 4.69) is 0 Å². The number of aliphatic hydroxyl groups is 4. The van der Waals surface area contributed by atoms with Gasteiger partial charge >= 0.3 is 223 Å². The number of hydrogen-bond donors (Lipinski definition) is 4. The molecule has 0 radical (unpaired) electrons. The third kappa shape index (κ3) is 20.7. The molecule has 0 aliphatic rings. The average molecular weight is 603 g/mol. The van der Waals surface area contributed by atoms with E-state index in [0.717, 1.165) is 0 Å². The molecule has 0 heterocycles. The van der Waals surface area contributed by atoms with Crippen LogP contribution in [0.25, 0.3) is 0 Å². The molecule has 0 aromatic rings. The van der Waals surface area contributed by atoms with Gasteiger partial charge < -0.3 is 84.1 Å². The van der Waals surface area contributed by atoms with Gasteiger partial charge in [-0.25, -0.2) is 0 Å². The van der Waals surface area contributed by atoms with Crippen LogP contribution in [0.4, 0.5) is 0 Å². The van der Waals surface area contributed by atoms with Gasteiger partial charge in [0, 0.05) is 24.8 Å². The number of rotatable bonds is 10. The molecule has 22 heteroatoms. The van der Waals surface area contributed by atoms with E-state index in [9.17, 15) is 59.4 Å². The van der Waals surface area contributed by atoms with Crippen LogP contribution in [0.3, 0.4) is 0 Å². The van der Waals surface area contributed by atoms with E-state index >= 15 is 0 Å². The fourth-order valence-corrected chi connectivity index (χ4v) is 1.39. The maximum atomic E-state index is 10.2. The molecule has 4 atom stereocenters. The van der Waals surface area contributed by atoms with Crippen molar-refractivity contribution in [2.24, 2.45) is 0 Å². The topological polar surface area (TPSA) is 322 Å². The molecule has 0 aliphatic heterocycles. The van der Waals surface area contributed by atoms with Gasteiger partial charge in [-0.2, -0.15) is 0 Å². The molecule has 166 valence electrons. The summed E-state index contributed by atoms with van der Waals surface area (Å²) in [5, 5.41) is 95.5. The molecule has 16 nitrogen and oxygen atoms in total. The molecule has 0 aromatic carbocycles. The number of aliphatic carboxylic acids is 6. The second-order valence-corrected chi connectivity index (χ2v) is 4.96. The largest absolute Gasteiger partial charge is 2.00 e. The first-order valence-corrected chi connectivity index (χ1v) is 6.48. The van der Waals surface area contributed by atoms with E-state index in [0.29, 0.717) is 0 Å². The first-order valence-electron chi connectivity index (χ1n) is 6.48. The maximum Gasteiger partial charge on any atom is 2.00 e. The van der Waals surface area contributed by atoms with Gasteiger partial charge in [-0.3, -0.25) is 0 Å². The zero-order valence-corrected chi connectivity index (χ0v) is 32.0. The Labute approximate surface area is 371 Å². The molecule has 0 spiro atoms. The van der Waals surface area contributed by atoms with E-state index in [1.54, 1.807) is 0 Å². The quantitative estimate of drug-likeness (QED) is 0.168. The summed E-state index contributed by atoms with van der Waals surface area (Å²) in [5.74, 6) is -13.7. The molecule has 0 rings (SSSR count). The van der Waals surface area contributed by atoms with Gasteiger partial charge in [0.15, 0.2) is 0 Å². The Balaban J connectivity index is -0.0000000327. The van der Waals surface area contributed by atoms with Crippen molar-refractivity contribution in [2.75, 3.05) is 0 Å². The molecular weight excluding hydrogens is 590 g/mol. The van der Waals surface area contributed by atoms with Crippen LogP contribution in [0.1, 0.15) is 17.1 Å². The van der Waals surface area contributed by atoms with Gasteiger partial charge in [0.25, 0.3) is 0 Å². The van der Waals surface area contributed by atoms with Crippen LogP contribution in [-0.4, -0.2) is 149 Å². The van der Waals surface area contributed by atoms with Crippen molar-refractivity contribution in [1.29, 1.82) is 0 Å².